The topological polar surface area (TPSA) is 52.7 Å². The van der Waals surface area contributed by atoms with Gasteiger partial charge < -0.3 is 10.2 Å². The number of aryl methyl sites for hydroxylation is 1. The number of hydrogen-bond donors (Lipinski definition) is 1. The fourth-order valence-corrected chi connectivity index (χ4v) is 4.28. The highest BCUT2D eigenvalue weighted by Crippen LogP contribution is 2.26. The van der Waals surface area contributed by atoms with Crippen molar-refractivity contribution in [3.63, 3.8) is 0 Å². The van der Waals surface area contributed by atoms with E-state index in [-0.39, 0.29) is 11.9 Å². The Kier molecular flexibility index (Phi) is 5.33. The summed E-state index contributed by atoms with van der Waals surface area (Å²) in [6, 6.07) is 5.62. The number of urea groups is 1. The Morgan fingerprint density at radius 1 is 1.38 bits per heavy atom. The molecule has 2 fully saturated rings. The van der Waals surface area contributed by atoms with Gasteiger partial charge >= 0.3 is 6.03 Å². The van der Waals surface area contributed by atoms with Crippen LogP contribution in [0, 0.1) is 12.8 Å². The largest absolute Gasteiger partial charge is 0.338 e. The van der Waals surface area contributed by atoms with Crippen molar-refractivity contribution in [2.45, 2.75) is 19.8 Å². The maximum Gasteiger partial charge on any atom is 0.322 e. The van der Waals surface area contributed by atoms with Crippen molar-refractivity contribution in [2.24, 2.45) is 5.92 Å². The summed E-state index contributed by atoms with van der Waals surface area (Å²) in [4.78, 5) is 28.5. The predicted molar refractivity (Wildman–Crippen MR) is 98.9 cm³/mol. The number of benzene rings is 1. The van der Waals surface area contributed by atoms with Gasteiger partial charge in [-0.2, -0.15) is 11.8 Å². The molecule has 130 valence electrons. The number of nitrogens with one attached hydrogen (secondary N) is 1. The third kappa shape index (κ3) is 3.53. The summed E-state index contributed by atoms with van der Waals surface area (Å²) in [7, 11) is 0. The number of anilines is 1. The molecule has 0 radical (unpaired) electrons. The van der Waals surface area contributed by atoms with Crippen LogP contribution in [0.3, 0.4) is 0 Å². The molecule has 2 aliphatic heterocycles. The van der Waals surface area contributed by atoms with E-state index in [1.165, 1.54) is 6.42 Å². The first kappa shape index (κ1) is 17.1. The number of amides is 3. The van der Waals surface area contributed by atoms with Crippen LogP contribution < -0.4 is 10.2 Å². The van der Waals surface area contributed by atoms with E-state index in [1.54, 1.807) is 4.90 Å². The standard InChI is InChI=1S/C18H25N3O2S/c1-13-5-6-15(10-16(13)21-9-7-19-18(21)23)17(22)20-8-3-4-14(11-20)12-24-2/h5-6,10,14H,3-4,7-9,11-12H2,1-2H3,(H,19,23)/t14-/m0/s1. The summed E-state index contributed by atoms with van der Waals surface area (Å²) < 4.78 is 0. The maximum absolute atomic E-state index is 12.9. The molecule has 1 aromatic rings. The summed E-state index contributed by atoms with van der Waals surface area (Å²) in [5.41, 5.74) is 2.54. The van der Waals surface area contributed by atoms with E-state index in [1.807, 2.05) is 41.8 Å². The van der Waals surface area contributed by atoms with Crippen molar-refractivity contribution in [1.29, 1.82) is 0 Å². The molecule has 6 heteroatoms. The molecular weight excluding hydrogens is 322 g/mol. The van der Waals surface area contributed by atoms with Gasteiger partial charge in [0.25, 0.3) is 5.91 Å². The van der Waals surface area contributed by atoms with Crippen LogP contribution >= 0.6 is 11.8 Å². The highest BCUT2D eigenvalue weighted by Gasteiger charge is 2.27. The minimum absolute atomic E-state index is 0.0827. The summed E-state index contributed by atoms with van der Waals surface area (Å²) in [5.74, 6) is 1.78. The third-order valence-corrected chi connectivity index (χ3v) is 5.62. The first-order valence-electron chi connectivity index (χ1n) is 8.54. The third-order valence-electron chi connectivity index (χ3n) is 4.81. The van der Waals surface area contributed by atoms with Gasteiger partial charge in [-0.05, 0) is 55.4 Å². The van der Waals surface area contributed by atoms with Crippen molar-refractivity contribution < 1.29 is 9.59 Å². The molecule has 2 aliphatic rings. The Balaban J connectivity index is 1.79. The Morgan fingerprint density at radius 2 is 2.21 bits per heavy atom. The van der Waals surface area contributed by atoms with Gasteiger partial charge in [0, 0.05) is 37.4 Å². The molecule has 5 nitrogen and oxygen atoms in total. The van der Waals surface area contributed by atoms with Crippen LogP contribution in [-0.2, 0) is 0 Å². The molecule has 2 saturated heterocycles. The highest BCUT2D eigenvalue weighted by molar-refractivity contribution is 7.98. The molecule has 1 atom stereocenters. The molecule has 0 unspecified atom stereocenters. The molecule has 0 aromatic heterocycles. The Morgan fingerprint density at radius 3 is 2.92 bits per heavy atom. The minimum Gasteiger partial charge on any atom is -0.338 e. The fourth-order valence-electron chi connectivity index (χ4n) is 3.54. The maximum atomic E-state index is 12.9. The van der Waals surface area contributed by atoms with Gasteiger partial charge in [-0.25, -0.2) is 4.79 Å². The van der Waals surface area contributed by atoms with Gasteiger partial charge in [0.1, 0.15) is 0 Å². The Bertz CT molecular complexity index is 633. The van der Waals surface area contributed by atoms with E-state index in [2.05, 4.69) is 11.6 Å². The van der Waals surface area contributed by atoms with E-state index in [0.29, 0.717) is 24.6 Å². The second-order valence-electron chi connectivity index (χ2n) is 6.60. The van der Waals surface area contributed by atoms with E-state index in [9.17, 15) is 9.59 Å². The second kappa shape index (κ2) is 7.47. The predicted octanol–water partition coefficient (Wildman–Crippen LogP) is 2.74. The monoisotopic (exact) mass is 347 g/mol. The number of carbonyl (C=O) groups excluding carboxylic acids is 2. The molecular formula is C18H25N3O2S. The number of rotatable bonds is 4. The highest BCUT2D eigenvalue weighted by atomic mass is 32.2. The average molecular weight is 347 g/mol. The lowest BCUT2D eigenvalue weighted by Crippen LogP contribution is -2.40. The summed E-state index contributed by atoms with van der Waals surface area (Å²) >= 11 is 1.85. The lowest BCUT2D eigenvalue weighted by atomic mass is 9.99. The van der Waals surface area contributed by atoms with Gasteiger partial charge in [-0.3, -0.25) is 9.69 Å². The van der Waals surface area contributed by atoms with E-state index < -0.39 is 0 Å². The molecule has 0 saturated carbocycles. The van der Waals surface area contributed by atoms with Crippen LogP contribution in [0.4, 0.5) is 10.5 Å². The molecule has 2 heterocycles. The van der Waals surface area contributed by atoms with Crippen LogP contribution in [0.25, 0.3) is 0 Å². The van der Waals surface area contributed by atoms with Gasteiger partial charge in [0.05, 0.1) is 0 Å². The van der Waals surface area contributed by atoms with Crippen molar-refractivity contribution in [3.05, 3.63) is 29.3 Å². The van der Waals surface area contributed by atoms with E-state index in [4.69, 9.17) is 0 Å². The van der Waals surface area contributed by atoms with Crippen LogP contribution in [0.1, 0.15) is 28.8 Å². The molecule has 24 heavy (non-hydrogen) atoms. The fraction of sp³-hybridized carbons (Fsp3) is 0.556. The molecule has 1 N–H and O–H groups in total. The van der Waals surface area contributed by atoms with E-state index >= 15 is 0 Å². The van der Waals surface area contributed by atoms with Gasteiger partial charge in [0.2, 0.25) is 0 Å². The van der Waals surface area contributed by atoms with Crippen molar-refractivity contribution in [3.8, 4) is 0 Å². The van der Waals surface area contributed by atoms with E-state index in [0.717, 1.165) is 36.5 Å². The zero-order chi connectivity index (χ0) is 17.1. The van der Waals surface area contributed by atoms with Gasteiger partial charge in [-0.1, -0.05) is 6.07 Å². The molecule has 0 bridgehead atoms. The zero-order valence-corrected chi connectivity index (χ0v) is 15.2. The lowest BCUT2D eigenvalue weighted by Gasteiger charge is -2.32. The average Bonchev–Trinajstić information content (AvgIpc) is 3.01. The first-order chi connectivity index (χ1) is 11.6. The minimum atomic E-state index is -0.0827. The summed E-state index contributed by atoms with van der Waals surface area (Å²) in [5, 5.41) is 2.82. The number of hydrogen-bond acceptors (Lipinski definition) is 3. The van der Waals surface area contributed by atoms with Crippen molar-refractivity contribution >= 4 is 29.4 Å². The Hall–Kier alpha value is -1.69. The number of nitrogens with zero attached hydrogens (tertiary/aromatic N) is 2. The van der Waals surface area contributed by atoms with Crippen LogP contribution in [0.5, 0.6) is 0 Å². The smallest absolute Gasteiger partial charge is 0.322 e. The number of piperidine rings is 1. The van der Waals surface area contributed by atoms with Crippen LogP contribution in [0.2, 0.25) is 0 Å². The molecule has 3 rings (SSSR count). The Labute approximate surface area is 147 Å². The molecule has 1 aromatic carbocycles. The van der Waals surface area contributed by atoms with Crippen molar-refractivity contribution in [1.82, 2.24) is 10.2 Å². The molecule has 0 spiro atoms. The van der Waals surface area contributed by atoms with Gasteiger partial charge in [-0.15, -0.1) is 0 Å². The second-order valence-corrected chi connectivity index (χ2v) is 7.51. The number of thioether (sulfide) groups is 1. The molecule has 0 aliphatic carbocycles. The van der Waals surface area contributed by atoms with Gasteiger partial charge in [0.15, 0.2) is 0 Å². The number of carbonyl (C=O) groups is 2. The quantitative estimate of drug-likeness (QED) is 0.911. The lowest BCUT2D eigenvalue weighted by molar-refractivity contribution is 0.0685. The van der Waals surface area contributed by atoms with Crippen LogP contribution in [0.15, 0.2) is 18.2 Å². The summed E-state index contributed by atoms with van der Waals surface area (Å²) in [6.45, 7) is 4.95. The molecule has 3 amide bonds. The number of likely N-dealkylation sites (tertiary alicyclic amines) is 1. The summed E-state index contributed by atoms with van der Waals surface area (Å²) in [6.07, 6.45) is 4.40. The zero-order valence-electron chi connectivity index (χ0n) is 14.4. The van der Waals surface area contributed by atoms with Crippen LogP contribution in [-0.4, -0.2) is 55.0 Å². The first-order valence-corrected chi connectivity index (χ1v) is 9.93. The van der Waals surface area contributed by atoms with Crippen molar-refractivity contribution in [2.75, 3.05) is 43.1 Å². The SMILES string of the molecule is CSC[C@H]1CCCN(C(=O)c2ccc(C)c(N3CCNC3=O)c2)C1. The normalized spacial score (nSPS) is 21.1.